The minimum atomic E-state index is -0.543. The zero-order valence-corrected chi connectivity index (χ0v) is 13.5. The number of urea groups is 1. The third-order valence-electron chi connectivity index (χ3n) is 3.89. The quantitative estimate of drug-likeness (QED) is 0.693. The highest BCUT2D eigenvalue weighted by molar-refractivity contribution is 6.04. The van der Waals surface area contributed by atoms with Gasteiger partial charge < -0.3 is 10.6 Å². The van der Waals surface area contributed by atoms with E-state index < -0.39 is 17.8 Å². The van der Waals surface area contributed by atoms with Crippen LogP contribution in [0.5, 0.6) is 0 Å². The minimum absolute atomic E-state index is 0.0689. The maximum absolute atomic E-state index is 12.3. The first-order valence-electron chi connectivity index (χ1n) is 7.88. The van der Waals surface area contributed by atoms with Crippen LogP contribution in [0.4, 0.5) is 4.79 Å². The first kappa shape index (κ1) is 16.6. The zero-order chi connectivity index (χ0) is 17.6. The normalized spacial score (nSPS) is 15.1. The molecule has 2 heterocycles. The molecule has 1 aliphatic heterocycles. The molecule has 1 aliphatic rings. The van der Waals surface area contributed by atoms with Crippen molar-refractivity contribution < 1.29 is 14.4 Å². The molecular formula is C16H18N6O3. The van der Waals surface area contributed by atoms with Crippen molar-refractivity contribution in [1.82, 2.24) is 30.3 Å². The van der Waals surface area contributed by atoms with Crippen molar-refractivity contribution in [2.24, 2.45) is 0 Å². The van der Waals surface area contributed by atoms with Gasteiger partial charge in [0.15, 0.2) is 0 Å². The van der Waals surface area contributed by atoms with Gasteiger partial charge in [0, 0.05) is 6.54 Å². The third-order valence-corrected chi connectivity index (χ3v) is 3.89. The van der Waals surface area contributed by atoms with Gasteiger partial charge in [0.1, 0.15) is 19.2 Å². The van der Waals surface area contributed by atoms with Gasteiger partial charge in [0.25, 0.3) is 5.91 Å². The van der Waals surface area contributed by atoms with E-state index in [2.05, 4.69) is 20.7 Å². The van der Waals surface area contributed by atoms with E-state index in [1.54, 1.807) is 11.0 Å². The predicted octanol–water partition coefficient (Wildman–Crippen LogP) is 0.0775. The molecule has 0 saturated carbocycles. The van der Waals surface area contributed by atoms with Gasteiger partial charge in [-0.2, -0.15) is 5.10 Å². The number of nitrogens with one attached hydrogen (secondary N) is 2. The number of aromatic nitrogens is 3. The Kier molecular flexibility index (Phi) is 5.03. The lowest BCUT2D eigenvalue weighted by molar-refractivity contribution is -0.131. The maximum atomic E-state index is 12.3. The van der Waals surface area contributed by atoms with Gasteiger partial charge in [-0.3, -0.25) is 19.2 Å². The average molecular weight is 342 g/mol. The Morgan fingerprint density at radius 3 is 2.72 bits per heavy atom. The smallest absolute Gasteiger partial charge is 0.325 e. The van der Waals surface area contributed by atoms with Crippen LogP contribution in [0.3, 0.4) is 0 Å². The van der Waals surface area contributed by atoms with Crippen molar-refractivity contribution in [2.75, 3.05) is 13.1 Å². The summed E-state index contributed by atoms with van der Waals surface area (Å²) in [5.41, 5.74) is 0.938. The predicted molar refractivity (Wildman–Crippen MR) is 87.1 cm³/mol. The van der Waals surface area contributed by atoms with Crippen molar-refractivity contribution in [3.05, 3.63) is 48.5 Å². The number of nitrogens with zero attached hydrogens (tertiary/aromatic N) is 4. The summed E-state index contributed by atoms with van der Waals surface area (Å²) in [7, 11) is 0. The number of hydrogen-bond acceptors (Lipinski definition) is 5. The molecule has 0 bridgehead atoms. The van der Waals surface area contributed by atoms with Crippen LogP contribution in [0.2, 0.25) is 0 Å². The van der Waals surface area contributed by atoms with Crippen LogP contribution in [-0.4, -0.2) is 50.6 Å². The van der Waals surface area contributed by atoms with E-state index in [0.717, 1.165) is 10.5 Å². The Balaban J connectivity index is 1.65. The van der Waals surface area contributed by atoms with E-state index in [-0.39, 0.29) is 19.1 Å². The molecule has 1 aromatic carbocycles. The van der Waals surface area contributed by atoms with Gasteiger partial charge in [0.05, 0.1) is 12.6 Å². The van der Waals surface area contributed by atoms with Crippen LogP contribution < -0.4 is 10.6 Å². The molecular weight excluding hydrogens is 324 g/mol. The molecule has 0 unspecified atom stereocenters. The maximum Gasteiger partial charge on any atom is 0.325 e. The molecule has 1 saturated heterocycles. The second kappa shape index (κ2) is 7.56. The summed E-state index contributed by atoms with van der Waals surface area (Å²) in [5, 5.41) is 9.33. The Labute approximate surface area is 144 Å². The number of rotatable bonds is 7. The molecule has 1 fully saturated rings. The topological polar surface area (TPSA) is 109 Å². The standard InChI is InChI=1S/C16H18N6O3/c23-14(9-22-15(24)8-18-16(22)25)20-13(12-4-2-1-3-5-12)6-7-21-11-17-10-19-21/h1-5,10-11,13H,6-9H2,(H,18,25)(H,20,23)/t13-/m1/s1. The fourth-order valence-electron chi connectivity index (χ4n) is 2.62. The average Bonchev–Trinajstić information content (AvgIpc) is 3.25. The second-order valence-corrected chi connectivity index (χ2v) is 5.62. The molecule has 0 aliphatic carbocycles. The van der Waals surface area contributed by atoms with Gasteiger partial charge in [-0.05, 0) is 12.0 Å². The zero-order valence-electron chi connectivity index (χ0n) is 13.5. The van der Waals surface area contributed by atoms with Gasteiger partial charge in [0.2, 0.25) is 5.91 Å². The lowest BCUT2D eigenvalue weighted by atomic mass is 10.0. The van der Waals surface area contributed by atoms with E-state index in [9.17, 15) is 14.4 Å². The molecule has 1 atom stereocenters. The van der Waals surface area contributed by atoms with E-state index in [0.29, 0.717) is 13.0 Å². The van der Waals surface area contributed by atoms with Crippen LogP contribution in [-0.2, 0) is 16.1 Å². The molecule has 2 aromatic rings. The largest absolute Gasteiger partial charge is 0.348 e. The number of carbonyl (C=O) groups excluding carboxylic acids is 3. The van der Waals surface area contributed by atoms with Crippen LogP contribution in [0.15, 0.2) is 43.0 Å². The van der Waals surface area contributed by atoms with Crippen LogP contribution in [0, 0.1) is 0 Å². The Bertz CT molecular complexity index is 730. The van der Waals surface area contributed by atoms with Gasteiger partial charge in [-0.1, -0.05) is 30.3 Å². The summed E-state index contributed by atoms with van der Waals surface area (Å²) in [6, 6.07) is 8.70. The molecule has 1 aromatic heterocycles. The molecule has 3 rings (SSSR count). The molecule has 9 nitrogen and oxygen atoms in total. The summed E-state index contributed by atoms with van der Waals surface area (Å²) in [5.74, 6) is -0.795. The van der Waals surface area contributed by atoms with E-state index in [1.807, 2.05) is 30.3 Å². The van der Waals surface area contributed by atoms with Crippen molar-refractivity contribution >= 4 is 17.8 Å². The van der Waals surface area contributed by atoms with Gasteiger partial charge in [-0.15, -0.1) is 0 Å². The summed E-state index contributed by atoms with van der Waals surface area (Å²) in [6.07, 6.45) is 3.66. The molecule has 2 N–H and O–H groups in total. The van der Waals surface area contributed by atoms with Gasteiger partial charge in [-0.25, -0.2) is 9.78 Å². The SMILES string of the molecule is O=C(CN1C(=O)CNC1=O)N[C@H](CCn1cncn1)c1ccccc1. The number of carbonyl (C=O) groups is 3. The van der Waals surface area contributed by atoms with Crippen molar-refractivity contribution in [2.45, 2.75) is 19.0 Å². The van der Waals surface area contributed by atoms with Crippen LogP contribution >= 0.6 is 0 Å². The Morgan fingerprint density at radius 2 is 2.08 bits per heavy atom. The number of amides is 4. The summed E-state index contributed by atoms with van der Waals surface area (Å²) in [6.45, 7) is 0.209. The highest BCUT2D eigenvalue weighted by atomic mass is 16.2. The highest BCUT2D eigenvalue weighted by Gasteiger charge is 2.30. The Morgan fingerprint density at radius 1 is 1.28 bits per heavy atom. The Hall–Kier alpha value is -3.23. The van der Waals surface area contributed by atoms with E-state index in [1.165, 1.54) is 6.33 Å². The summed E-state index contributed by atoms with van der Waals surface area (Å²) >= 11 is 0. The van der Waals surface area contributed by atoms with Gasteiger partial charge >= 0.3 is 6.03 Å². The summed E-state index contributed by atoms with van der Waals surface area (Å²) < 4.78 is 1.68. The fourth-order valence-corrected chi connectivity index (χ4v) is 2.62. The number of benzene rings is 1. The molecule has 0 radical (unpaired) electrons. The molecule has 130 valence electrons. The van der Waals surface area contributed by atoms with Crippen LogP contribution in [0.1, 0.15) is 18.0 Å². The fraction of sp³-hybridized carbons (Fsp3) is 0.312. The highest BCUT2D eigenvalue weighted by Crippen LogP contribution is 2.17. The third kappa shape index (κ3) is 4.19. The van der Waals surface area contributed by atoms with Crippen molar-refractivity contribution in [3.63, 3.8) is 0 Å². The van der Waals surface area contributed by atoms with Crippen molar-refractivity contribution in [3.8, 4) is 0 Å². The second-order valence-electron chi connectivity index (χ2n) is 5.62. The number of imide groups is 1. The molecule has 4 amide bonds. The number of aryl methyl sites for hydroxylation is 1. The van der Waals surface area contributed by atoms with E-state index in [4.69, 9.17) is 0 Å². The first-order valence-corrected chi connectivity index (χ1v) is 7.88. The van der Waals surface area contributed by atoms with E-state index >= 15 is 0 Å². The lowest BCUT2D eigenvalue weighted by Gasteiger charge is -2.21. The molecule has 0 spiro atoms. The first-order chi connectivity index (χ1) is 12.1. The van der Waals surface area contributed by atoms with Crippen molar-refractivity contribution in [1.29, 1.82) is 0 Å². The number of hydrogen-bond donors (Lipinski definition) is 2. The van der Waals surface area contributed by atoms with Crippen LogP contribution in [0.25, 0.3) is 0 Å². The lowest BCUT2D eigenvalue weighted by Crippen LogP contribution is -2.42. The molecule has 9 heteroatoms. The molecule has 25 heavy (non-hydrogen) atoms. The summed E-state index contributed by atoms with van der Waals surface area (Å²) in [4.78, 5) is 40.3. The monoisotopic (exact) mass is 342 g/mol. The minimum Gasteiger partial charge on any atom is -0.348 e.